The Balaban J connectivity index is 1.87. The lowest BCUT2D eigenvalue weighted by molar-refractivity contribution is 0.0878. The predicted octanol–water partition coefficient (Wildman–Crippen LogP) is 3.25. The Morgan fingerprint density at radius 1 is 0.390 bits per heavy atom. The largest absolute Gasteiger partial charge is 0.504 e. The predicted molar refractivity (Wildman–Crippen MR) is 139 cm³/mol. The van der Waals surface area contributed by atoms with Gasteiger partial charge in [0, 0.05) is 11.1 Å². The molecule has 4 aromatic carbocycles. The smallest absolute Gasteiger partial charge is 0.205 e. The fraction of sp³-hybridized carbons (Fsp3) is 0.0345. The third-order valence-corrected chi connectivity index (χ3v) is 6.20. The van der Waals surface area contributed by atoms with Gasteiger partial charge in [-0.25, -0.2) is 0 Å². The molecule has 4 aromatic rings. The van der Waals surface area contributed by atoms with Crippen molar-refractivity contribution in [2.45, 2.75) is 6.42 Å². The maximum absolute atomic E-state index is 13.3. The van der Waals surface area contributed by atoms with Gasteiger partial charge in [0.2, 0.25) is 23.0 Å². The number of phenolic OH excluding ortho intramolecular Hbond substituents is 8. The first-order valence-corrected chi connectivity index (χ1v) is 11.6. The Morgan fingerprint density at radius 3 is 0.951 bits per heavy atom. The van der Waals surface area contributed by atoms with Crippen LogP contribution in [0.15, 0.2) is 60.7 Å². The van der Waals surface area contributed by atoms with Gasteiger partial charge in [0.05, 0.1) is 28.7 Å². The monoisotopic (exact) mass is 560 g/mol. The number of carbonyl (C=O) groups excluding carboxylic acids is 4. The van der Waals surface area contributed by atoms with Crippen LogP contribution in [0.25, 0.3) is 0 Å². The molecule has 0 saturated carbocycles. The summed E-state index contributed by atoms with van der Waals surface area (Å²) < 4.78 is 0. The molecule has 12 heteroatoms. The molecule has 12 nitrogen and oxygen atoms in total. The van der Waals surface area contributed by atoms with Gasteiger partial charge in [0.15, 0.2) is 46.1 Å². The Labute approximate surface area is 229 Å². The van der Waals surface area contributed by atoms with Crippen LogP contribution in [-0.2, 0) is 0 Å². The summed E-state index contributed by atoms with van der Waals surface area (Å²) in [5.41, 5.74) is -4.33. The van der Waals surface area contributed by atoms with E-state index < -0.39 is 97.8 Å². The summed E-state index contributed by atoms with van der Waals surface area (Å²) in [6, 6.07) is 14.0. The number of hydrogen-bond acceptors (Lipinski definition) is 12. The summed E-state index contributed by atoms with van der Waals surface area (Å²) in [6.45, 7) is 0. The van der Waals surface area contributed by atoms with E-state index in [1.807, 2.05) is 0 Å². The molecule has 0 atom stereocenters. The number of aromatic hydroxyl groups is 8. The highest BCUT2D eigenvalue weighted by atomic mass is 16.4. The normalized spacial score (nSPS) is 10.7. The van der Waals surface area contributed by atoms with E-state index in [0.717, 1.165) is 0 Å². The molecule has 0 fully saturated rings. The number of phenols is 8. The van der Waals surface area contributed by atoms with Crippen LogP contribution in [-0.4, -0.2) is 64.0 Å². The highest BCUT2D eigenvalue weighted by Gasteiger charge is 2.36. The molecular formula is C29H20O12. The number of carbonyl (C=O) groups is 4. The second-order valence-electron chi connectivity index (χ2n) is 8.70. The molecule has 0 bridgehead atoms. The number of rotatable bonds is 8. The Hall–Kier alpha value is -6.04. The zero-order valence-electron chi connectivity index (χ0n) is 20.7. The van der Waals surface area contributed by atoms with E-state index in [1.54, 1.807) is 12.1 Å². The minimum absolute atomic E-state index is 0.116. The fourth-order valence-corrected chi connectivity index (χ4v) is 4.17. The highest BCUT2D eigenvalue weighted by Crippen LogP contribution is 2.50. The molecule has 0 radical (unpaired) electrons. The van der Waals surface area contributed by atoms with Crippen molar-refractivity contribution < 1.29 is 60.0 Å². The third-order valence-electron chi connectivity index (χ3n) is 6.20. The summed E-state index contributed by atoms with van der Waals surface area (Å²) in [4.78, 5) is 53.0. The van der Waals surface area contributed by atoms with E-state index in [0.29, 0.717) is 0 Å². The number of ketones is 4. The number of benzene rings is 4. The lowest BCUT2D eigenvalue weighted by atomic mass is 9.88. The van der Waals surface area contributed by atoms with E-state index in [4.69, 9.17) is 0 Å². The van der Waals surface area contributed by atoms with E-state index in [2.05, 4.69) is 0 Å². The summed E-state index contributed by atoms with van der Waals surface area (Å²) in [5, 5.41) is 82.0. The summed E-state index contributed by atoms with van der Waals surface area (Å²) >= 11 is 0. The second kappa shape index (κ2) is 10.6. The molecule has 0 aliphatic rings. The van der Waals surface area contributed by atoms with E-state index >= 15 is 0 Å². The topological polar surface area (TPSA) is 230 Å². The quantitative estimate of drug-likeness (QED) is 0.0672. The molecule has 0 amide bonds. The van der Waals surface area contributed by atoms with Crippen molar-refractivity contribution in [3.8, 4) is 46.0 Å². The first kappa shape index (κ1) is 28.0. The van der Waals surface area contributed by atoms with Crippen molar-refractivity contribution >= 4 is 23.1 Å². The Morgan fingerprint density at radius 2 is 0.659 bits per heavy atom. The van der Waals surface area contributed by atoms with Crippen LogP contribution in [0, 0.1) is 0 Å². The Kier molecular flexibility index (Phi) is 7.24. The van der Waals surface area contributed by atoms with Gasteiger partial charge >= 0.3 is 0 Å². The molecule has 41 heavy (non-hydrogen) atoms. The van der Waals surface area contributed by atoms with Gasteiger partial charge in [-0.2, -0.15) is 0 Å². The standard InChI is InChI=1S/C29H20O12/c30-14(16-18(20(32)12-7-3-1-4-8-12)24(36)28(40)26(38)22(16)34)11-15(31)17-19(21(33)13-9-5-2-6-10-13)25(37)29(41)27(39)23(17)35/h1-10,34-41H,11H2. The zero-order chi connectivity index (χ0) is 30.2. The van der Waals surface area contributed by atoms with Crippen molar-refractivity contribution in [3.05, 3.63) is 94.0 Å². The first-order chi connectivity index (χ1) is 19.4. The van der Waals surface area contributed by atoms with E-state index in [-0.39, 0.29) is 11.1 Å². The summed E-state index contributed by atoms with van der Waals surface area (Å²) in [7, 11) is 0. The minimum atomic E-state index is -1.44. The van der Waals surface area contributed by atoms with Crippen LogP contribution < -0.4 is 0 Å². The highest BCUT2D eigenvalue weighted by molar-refractivity contribution is 6.26. The molecule has 0 aliphatic heterocycles. The average Bonchev–Trinajstić information content (AvgIpc) is 2.98. The van der Waals surface area contributed by atoms with Gasteiger partial charge in [-0.05, 0) is 0 Å². The van der Waals surface area contributed by atoms with Crippen LogP contribution in [0.4, 0.5) is 0 Å². The zero-order valence-corrected chi connectivity index (χ0v) is 20.7. The third kappa shape index (κ3) is 4.69. The van der Waals surface area contributed by atoms with Gasteiger partial charge in [0.1, 0.15) is 0 Å². The van der Waals surface area contributed by atoms with Crippen LogP contribution in [0.5, 0.6) is 46.0 Å². The molecule has 0 aromatic heterocycles. The van der Waals surface area contributed by atoms with Crippen LogP contribution >= 0.6 is 0 Å². The van der Waals surface area contributed by atoms with Gasteiger partial charge < -0.3 is 40.9 Å². The van der Waals surface area contributed by atoms with Crippen LogP contribution in [0.2, 0.25) is 0 Å². The van der Waals surface area contributed by atoms with Gasteiger partial charge in [0.25, 0.3) is 0 Å². The lowest BCUT2D eigenvalue weighted by Crippen LogP contribution is -2.17. The molecule has 0 saturated heterocycles. The number of Topliss-reactive ketones (excluding diaryl/α,β-unsaturated/α-hetero) is 2. The SMILES string of the molecule is O=C(CC(=O)c1c(O)c(O)c(O)c(O)c1C(=O)c1ccccc1)c1c(O)c(O)c(O)c(O)c1C(=O)c1ccccc1. The van der Waals surface area contributed by atoms with Gasteiger partial charge in [-0.15, -0.1) is 0 Å². The molecule has 0 heterocycles. The van der Waals surface area contributed by atoms with Gasteiger partial charge in [-0.1, -0.05) is 60.7 Å². The van der Waals surface area contributed by atoms with Crippen molar-refractivity contribution in [2.24, 2.45) is 0 Å². The molecule has 0 aliphatic carbocycles. The summed E-state index contributed by atoms with van der Waals surface area (Å²) in [6.07, 6.45) is -1.38. The number of hydrogen-bond donors (Lipinski definition) is 8. The second-order valence-corrected chi connectivity index (χ2v) is 8.70. The average molecular weight is 560 g/mol. The maximum Gasteiger partial charge on any atom is 0.205 e. The minimum Gasteiger partial charge on any atom is -0.504 e. The molecular weight excluding hydrogens is 540 g/mol. The van der Waals surface area contributed by atoms with E-state index in [1.165, 1.54) is 48.5 Å². The maximum atomic E-state index is 13.3. The van der Waals surface area contributed by atoms with Crippen molar-refractivity contribution in [1.82, 2.24) is 0 Å². The van der Waals surface area contributed by atoms with E-state index in [9.17, 15) is 60.0 Å². The first-order valence-electron chi connectivity index (χ1n) is 11.6. The van der Waals surface area contributed by atoms with Crippen molar-refractivity contribution in [1.29, 1.82) is 0 Å². The molecule has 8 N–H and O–H groups in total. The summed E-state index contributed by atoms with van der Waals surface area (Å²) in [5.74, 6) is -15.8. The van der Waals surface area contributed by atoms with Crippen LogP contribution in [0.3, 0.4) is 0 Å². The lowest BCUT2D eigenvalue weighted by Gasteiger charge is -2.16. The molecule has 4 rings (SSSR count). The van der Waals surface area contributed by atoms with Crippen molar-refractivity contribution in [3.63, 3.8) is 0 Å². The van der Waals surface area contributed by atoms with Crippen LogP contribution in [0.1, 0.15) is 59.0 Å². The Bertz CT molecular complexity index is 1610. The van der Waals surface area contributed by atoms with Crippen molar-refractivity contribution in [2.75, 3.05) is 0 Å². The molecule has 0 unspecified atom stereocenters. The fourth-order valence-electron chi connectivity index (χ4n) is 4.17. The van der Waals surface area contributed by atoms with Gasteiger partial charge in [-0.3, -0.25) is 19.2 Å². The molecule has 0 spiro atoms. The molecule has 208 valence electrons.